The largest absolute Gasteiger partial charge is 0.379 e. The van der Waals surface area contributed by atoms with Crippen LogP contribution in [0.3, 0.4) is 0 Å². The molecule has 0 saturated heterocycles. The van der Waals surface area contributed by atoms with Crippen molar-refractivity contribution in [2.75, 3.05) is 27.3 Å². The predicted molar refractivity (Wildman–Crippen MR) is 79.8 cm³/mol. The monoisotopic (exact) mass is 285 g/mol. The molecule has 1 atom stereocenters. The normalized spacial score (nSPS) is 13.5. The quantitative estimate of drug-likeness (QED) is 0.794. The van der Waals surface area contributed by atoms with Gasteiger partial charge in [0.25, 0.3) is 0 Å². The number of halogens is 1. The first-order chi connectivity index (χ1) is 8.98. The topological polar surface area (TPSA) is 30.5 Å². The fraction of sp³-hybridized carbons (Fsp3) is 0.600. The summed E-state index contributed by atoms with van der Waals surface area (Å²) in [6.45, 7) is 5.53. The molecular weight excluding hydrogens is 262 g/mol. The van der Waals surface area contributed by atoms with Crippen LogP contribution in [-0.4, -0.2) is 32.9 Å². The number of methoxy groups -OCH3 is 1. The van der Waals surface area contributed by atoms with Crippen LogP contribution in [0.2, 0.25) is 5.02 Å². The zero-order valence-electron chi connectivity index (χ0n) is 12.2. The van der Waals surface area contributed by atoms with E-state index < -0.39 is 0 Å². The molecule has 0 radical (unpaired) electrons. The maximum atomic E-state index is 6.02. The van der Waals surface area contributed by atoms with Gasteiger partial charge in [-0.3, -0.25) is 0 Å². The van der Waals surface area contributed by atoms with Crippen LogP contribution < -0.4 is 5.32 Å². The molecule has 0 saturated carbocycles. The van der Waals surface area contributed by atoms with Crippen LogP contribution in [0.4, 0.5) is 0 Å². The minimum absolute atomic E-state index is 0.0105. The molecule has 3 nitrogen and oxygen atoms in total. The van der Waals surface area contributed by atoms with Crippen LogP contribution in [0.5, 0.6) is 0 Å². The molecule has 0 aliphatic rings. The number of rotatable bonds is 8. The van der Waals surface area contributed by atoms with E-state index >= 15 is 0 Å². The lowest BCUT2D eigenvalue weighted by molar-refractivity contribution is -0.0269. The lowest BCUT2D eigenvalue weighted by Crippen LogP contribution is -2.26. The second-order valence-electron chi connectivity index (χ2n) is 5.19. The second-order valence-corrected chi connectivity index (χ2v) is 5.62. The Morgan fingerprint density at radius 2 is 2.11 bits per heavy atom. The Bertz CT molecular complexity index is 382. The Hall–Kier alpha value is -0.610. The van der Waals surface area contributed by atoms with Gasteiger partial charge < -0.3 is 14.8 Å². The molecule has 0 heterocycles. The zero-order chi connectivity index (χ0) is 14.3. The molecule has 1 rings (SSSR count). The molecule has 1 N–H and O–H groups in total. The van der Waals surface area contributed by atoms with Crippen LogP contribution in [0.15, 0.2) is 24.3 Å². The third-order valence-corrected chi connectivity index (χ3v) is 3.42. The SMILES string of the molecule is CNCC(OCCC(C)(C)OC)c1cccc(Cl)c1. The van der Waals surface area contributed by atoms with E-state index in [4.69, 9.17) is 21.1 Å². The number of nitrogens with one attached hydrogen (secondary N) is 1. The van der Waals surface area contributed by atoms with E-state index in [-0.39, 0.29) is 11.7 Å². The average Bonchev–Trinajstić information content (AvgIpc) is 2.37. The second kappa shape index (κ2) is 7.85. The minimum Gasteiger partial charge on any atom is -0.379 e. The van der Waals surface area contributed by atoms with Crippen molar-refractivity contribution in [3.05, 3.63) is 34.9 Å². The van der Waals surface area contributed by atoms with Gasteiger partial charge in [0.05, 0.1) is 18.3 Å². The third-order valence-electron chi connectivity index (χ3n) is 3.19. The van der Waals surface area contributed by atoms with Gasteiger partial charge in [-0.1, -0.05) is 23.7 Å². The van der Waals surface area contributed by atoms with Gasteiger partial charge in [0, 0.05) is 18.7 Å². The van der Waals surface area contributed by atoms with Gasteiger partial charge in [-0.25, -0.2) is 0 Å². The zero-order valence-corrected chi connectivity index (χ0v) is 13.0. The molecule has 1 aromatic carbocycles. The highest BCUT2D eigenvalue weighted by molar-refractivity contribution is 6.30. The van der Waals surface area contributed by atoms with Crippen molar-refractivity contribution in [2.24, 2.45) is 0 Å². The molecule has 1 unspecified atom stereocenters. The number of hydrogen-bond acceptors (Lipinski definition) is 3. The van der Waals surface area contributed by atoms with E-state index in [2.05, 4.69) is 19.2 Å². The Morgan fingerprint density at radius 1 is 1.37 bits per heavy atom. The highest BCUT2D eigenvalue weighted by Gasteiger charge is 2.18. The molecule has 4 heteroatoms. The molecular formula is C15H24ClNO2. The first kappa shape index (κ1) is 16.4. The Morgan fingerprint density at radius 3 is 2.68 bits per heavy atom. The first-order valence-electron chi connectivity index (χ1n) is 6.55. The Labute approximate surface area is 121 Å². The number of ether oxygens (including phenoxy) is 2. The summed E-state index contributed by atoms with van der Waals surface area (Å²) in [7, 11) is 3.64. The van der Waals surface area contributed by atoms with Gasteiger partial charge in [0.1, 0.15) is 0 Å². The van der Waals surface area contributed by atoms with Crippen molar-refractivity contribution >= 4 is 11.6 Å². The van der Waals surface area contributed by atoms with E-state index in [1.807, 2.05) is 31.3 Å². The van der Waals surface area contributed by atoms with E-state index in [0.717, 1.165) is 23.6 Å². The fourth-order valence-electron chi connectivity index (χ4n) is 1.71. The predicted octanol–water partition coefficient (Wildman–Crippen LogP) is 3.43. The summed E-state index contributed by atoms with van der Waals surface area (Å²) in [6.07, 6.45) is 0.862. The minimum atomic E-state index is -0.154. The molecule has 108 valence electrons. The lowest BCUT2D eigenvalue weighted by atomic mass is 10.1. The Balaban J connectivity index is 2.58. The maximum Gasteiger partial charge on any atom is 0.0949 e. The van der Waals surface area contributed by atoms with Gasteiger partial charge >= 0.3 is 0 Å². The van der Waals surface area contributed by atoms with Crippen molar-refractivity contribution in [1.29, 1.82) is 0 Å². The van der Waals surface area contributed by atoms with E-state index in [0.29, 0.717) is 6.61 Å². The summed E-state index contributed by atoms with van der Waals surface area (Å²) < 4.78 is 11.3. The average molecular weight is 286 g/mol. The summed E-state index contributed by atoms with van der Waals surface area (Å²) in [4.78, 5) is 0. The van der Waals surface area contributed by atoms with Gasteiger partial charge in [0.2, 0.25) is 0 Å². The van der Waals surface area contributed by atoms with Gasteiger partial charge in [-0.05, 0) is 45.0 Å². The van der Waals surface area contributed by atoms with E-state index in [1.54, 1.807) is 7.11 Å². The highest BCUT2D eigenvalue weighted by atomic mass is 35.5. The first-order valence-corrected chi connectivity index (χ1v) is 6.93. The smallest absolute Gasteiger partial charge is 0.0949 e. The van der Waals surface area contributed by atoms with E-state index in [1.165, 1.54) is 0 Å². The van der Waals surface area contributed by atoms with Crippen LogP contribution in [0.25, 0.3) is 0 Å². The Kier molecular flexibility index (Phi) is 6.80. The molecule has 0 bridgehead atoms. The number of likely N-dealkylation sites (N-methyl/N-ethyl adjacent to an activating group) is 1. The molecule has 0 aromatic heterocycles. The fourth-order valence-corrected chi connectivity index (χ4v) is 1.91. The van der Waals surface area contributed by atoms with Gasteiger partial charge in [-0.15, -0.1) is 0 Å². The summed E-state index contributed by atoms with van der Waals surface area (Å²) in [5, 5.41) is 3.88. The summed E-state index contributed by atoms with van der Waals surface area (Å²) >= 11 is 6.02. The molecule has 19 heavy (non-hydrogen) atoms. The molecule has 0 aliphatic carbocycles. The van der Waals surface area contributed by atoms with Crippen molar-refractivity contribution < 1.29 is 9.47 Å². The molecule has 1 aromatic rings. The highest BCUT2D eigenvalue weighted by Crippen LogP contribution is 2.22. The van der Waals surface area contributed by atoms with Crippen LogP contribution in [0.1, 0.15) is 31.9 Å². The molecule has 0 fully saturated rings. The number of benzene rings is 1. The van der Waals surface area contributed by atoms with Crippen molar-refractivity contribution in [3.8, 4) is 0 Å². The van der Waals surface area contributed by atoms with Crippen LogP contribution in [-0.2, 0) is 9.47 Å². The van der Waals surface area contributed by atoms with Crippen molar-refractivity contribution in [1.82, 2.24) is 5.32 Å². The van der Waals surface area contributed by atoms with Crippen molar-refractivity contribution in [3.63, 3.8) is 0 Å². The lowest BCUT2D eigenvalue weighted by Gasteiger charge is -2.25. The van der Waals surface area contributed by atoms with Crippen LogP contribution in [0, 0.1) is 0 Å². The molecule has 0 amide bonds. The van der Waals surface area contributed by atoms with Gasteiger partial charge in [0.15, 0.2) is 0 Å². The summed E-state index contributed by atoms with van der Waals surface area (Å²) in [5.74, 6) is 0. The maximum absolute atomic E-state index is 6.02. The van der Waals surface area contributed by atoms with Crippen molar-refractivity contribution in [2.45, 2.75) is 32.0 Å². The van der Waals surface area contributed by atoms with Gasteiger partial charge in [-0.2, -0.15) is 0 Å². The molecule has 0 aliphatic heterocycles. The standard InChI is InChI=1S/C15H24ClNO2/c1-15(2,18-4)8-9-19-14(11-17-3)12-6-5-7-13(16)10-12/h5-7,10,14,17H,8-9,11H2,1-4H3. The van der Waals surface area contributed by atoms with Crippen LogP contribution >= 0.6 is 11.6 Å². The molecule has 0 spiro atoms. The summed E-state index contributed by atoms with van der Waals surface area (Å²) in [6, 6.07) is 7.80. The van der Waals surface area contributed by atoms with E-state index in [9.17, 15) is 0 Å². The summed E-state index contributed by atoms with van der Waals surface area (Å²) in [5.41, 5.74) is 0.940. The third kappa shape index (κ3) is 5.91. The number of hydrogen-bond donors (Lipinski definition) is 1.